The molecule has 4 nitrogen and oxygen atoms in total. The standard InChI is InChI=1S/C21H28N2O2/c1-3-23(19-6-4-7-21(16-19)24-2)17-18-8-10-20(11-9-18)25-15-14-22-12-5-13-22/h4,6-11,16H,3,5,12-15,17H2,1-2H3. The van der Waals surface area contributed by atoms with Gasteiger partial charge in [-0.1, -0.05) is 18.2 Å². The Morgan fingerprint density at radius 1 is 1.04 bits per heavy atom. The van der Waals surface area contributed by atoms with Gasteiger partial charge in [-0.3, -0.25) is 4.90 Å². The second-order valence-electron chi connectivity index (χ2n) is 6.40. The minimum atomic E-state index is 0.768. The summed E-state index contributed by atoms with van der Waals surface area (Å²) in [5.74, 6) is 1.84. The lowest BCUT2D eigenvalue weighted by atomic mass is 10.2. The van der Waals surface area contributed by atoms with Crippen LogP contribution in [0, 0.1) is 0 Å². The molecule has 0 aromatic heterocycles. The van der Waals surface area contributed by atoms with Gasteiger partial charge in [0.05, 0.1) is 7.11 Å². The van der Waals surface area contributed by atoms with Crippen molar-refractivity contribution in [3.63, 3.8) is 0 Å². The molecule has 0 aliphatic carbocycles. The highest BCUT2D eigenvalue weighted by atomic mass is 16.5. The summed E-state index contributed by atoms with van der Waals surface area (Å²) < 4.78 is 11.2. The molecule has 1 aliphatic heterocycles. The number of nitrogens with zero attached hydrogens (tertiary/aromatic N) is 2. The van der Waals surface area contributed by atoms with Gasteiger partial charge in [-0.2, -0.15) is 0 Å². The van der Waals surface area contributed by atoms with Crippen LogP contribution >= 0.6 is 0 Å². The maximum atomic E-state index is 5.84. The molecular weight excluding hydrogens is 312 g/mol. The zero-order valence-electron chi connectivity index (χ0n) is 15.3. The topological polar surface area (TPSA) is 24.9 Å². The summed E-state index contributed by atoms with van der Waals surface area (Å²) in [4.78, 5) is 4.75. The van der Waals surface area contributed by atoms with Crippen molar-refractivity contribution in [2.24, 2.45) is 0 Å². The SMILES string of the molecule is CCN(Cc1ccc(OCCN2CCC2)cc1)c1cccc(OC)c1. The molecule has 25 heavy (non-hydrogen) atoms. The lowest BCUT2D eigenvalue weighted by Gasteiger charge is -2.30. The highest BCUT2D eigenvalue weighted by Crippen LogP contribution is 2.23. The largest absolute Gasteiger partial charge is 0.497 e. The molecule has 3 rings (SSSR count). The normalized spacial score (nSPS) is 14.0. The van der Waals surface area contributed by atoms with Gasteiger partial charge in [0, 0.05) is 31.4 Å². The van der Waals surface area contributed by atoms with Gasteiger partial charge in [0.2, 0.25) is 0 Å². The van der Waals surface area contributed by atoms with Gasteiger partial charge >= 0.3 is 0 Å². The molecule has 0 amide bonds. The van der Waals surface area contributed by atoms with E-state index in [0.29, 0.717) is 0 Å². The van der Waals surface area contributed by atoms with E-state index in [1.165, 1.54) is 30.8 Å². The van der Waals surface area contributed by atoms with Crippen molar-refractivity contribution in [1.82, 2.24) is 4.90 Å². The number of hydrogen-bond donors (Lipinski definition) is 0. The van der Waals surface area contributed by atoms with Gasteiger partial charge < -0.3 is 14.4 Å². The third-order valence-electron chi connectivity index (χ3n) is 4.72. The van der Waals surface area contributed by atoms with E-state index < -0.39 is 0 Å². The van der Waals surface area contributed by atoms with E-state index in [2.05, 4.69) is 53.1 Å². The van der Waals surface area contributed by atoms with E-state index >= 15 is 0 Å². The van der Waals surface area contributed by atoms with Crippen LogP contribution in [0.5, 0.6) is 11.5 Å². The van der Waals surface area contributed by atoms with Crippen molar-refractivity contribution in [1.29, 1.82) is 0 Å². The van der Waals surface area contributed by atoms with Gasteiger partial charge in [0.25, 0.3) is 0 Å². The van der Waals surface area contributed by atoms with Crippen LogP contribution in [-0.4, -0.2) is 44.8 Å². The van der Waals surface area contributed by atoms with Gasteiger partial charge in [-0.05, 0) is 56.3 Å². The van der Waals surface area contributed by atoms with E-state index in [9.17, 15) is 0 Å². The fraction of sp³-hybridized carbons (Fsp3) is 0.429. The second-order valence-corrected chi connectivity index (χ2v) is 6.40. The van der Waals surface area contributed by atoms with Crippen LogP contribution in [0.2, 0.25) is 0 Å². The second kappa shape index (κ2) is 8.77. The van der Waals surface area contributed by atoms with E-state index in [4.69, 9.17) is 9.47 Å². The van der Waals surface area contributed by atoms with Crippen LogP contribution in [0.25, 0.3) is 0 Å². The molecule has 0 spiro atoms. The van der Waals surface area contributed by atoms with E-state index in [1.54, 1.807) is 7.11 Å². The van der Waals surface area contributed by atoms with E-state index in [0.717, 1.165) is 37.7 Å². The quantitative estimate of drug-likeness (QED) is 0.693. The molecule has 1 saturated heterocycles. The Bertz CT molecular complexity index is 653. The summed E-state index contributed by atoms with van der Waals surface area (Å²) in [6, 6.07) is 16.7. The van der Waals surface area contributed by atoms with Crippen molar-refractivity contribution in [2.45, 2.75) is 19.9 Å². The Morgan fingerprint density at radius 3 is 2.48 bits per heavy atom. The average Bonchev–Trinajstić information content (AvgIpc) is 2.63. The number of methoxy groups -OCH3 is 1. The Morgan fingerprint density at radius 2 is 1.84 bits per heavy atom. The zero-order chi connectivity index (χ0) is 17.5. The minimum absolute atomic E-state index is 0.768. The number of likely N-dealkylation sites (tertiary alicyclic amines) is 1. The fourth-order valence-electron chi connectivity index (χ4n) is 3.00. The Labute approximate surface area is 151 Å². The molecule has 1 fully saturated rings. The maximum absolute atomic E-state index is 5.84. The van der Waals surface area contributed by atoms with Crippen LogP contribution in [0.3, 0.4) is 0 Å². The molecule has 0 saturated carbocycles. The van der Waals surface area contributed by atoms with Crippen LogP contribution in [0.1, 0.15) is 18.9 Å². The zero-order valence-corrected chi connectivity index (χ0v) is 15.3. The molecule has 0 unspecified atom stereocenters. The molecule has 4 heteroatoms. The molecule has 1 aliphatic rings. The first-order valence-electron chi connectivity index (χ1n) is 9.11. The summed E-state index contributed by atoms with van der Waals surface area (Å²) >= 11 is 0. The summed E-state index contributed by atoms with van der Waals surface area (Å²) in [5, 5.41) is 0. The number of rotatable bonds is 9. The Kier molecular flexibility index (Phi) is 6.18. The minimum Gasteiger partial charge on any atom is -0.497 e. The number of benzene rings is 2. The fourth-order valence-corrected chi connectivity index (χ4v) is 3.00. The Balaban J connectivity index is 1.55. The van der Waals surface area contributed by atoms with E-state index in [1.807, 2.05) is 12.1 Å². The summed E-state index contributed by atoms with van der Waals surface area (Å²) in [6.45, 7) is 8.23. The average molecular weight is 340 g/mol. The van der Waals surface area contributed by atoms with Crippen molar-refractivity contribution < 1.29 is 9.47 Å². The number of anilines is 1. The monoisotopic (exact) mass is 340 g/mol. The van der Waals surface area contributed by atoms with Crippen molar-refractivity contribution in [2.75, 3.05) is 44.8 Å². The maximum Gasteiger partial charge on any atom is 0.120 e. The predicted molar refractivity (Wildman–Crippen MR) is 103 cm³/mol. The highest BCUT2D eigenvalue weighted by molar-refractivity contribution is 5.51. The van der Waals surface area contributed by atoms with Crippen molar-refractivity contribution in [3.05, 3.63) is 54.1 Å². The lowest BCUT2D eigenvalue weighted by Crippen LogP contribution is -2.39. The molecule has 0 N–H and O–H groups in total. The van der Waals surface area contributed by atoms with Crippen LogP contribution in [0.15, 0.2) is 48.5 Å². The summed E-state index contributed by atoms with van der Waals surface area (Å²) in [6.07, 6.45) is 1.33. The number of ether oxygens (including phenoxy) is 2. The molecule has 2 aromatic rings. The molecule has 1 heterocycles. The first-order chi connectivity index (χ1) is 12.3. The smallest absolute Gasteiger partial charge is 0.120 e. The molecular formula is C21H28N2O2. The van der Waals surface area contributed by atoms with Gasteiger partial charge in [-0.15, -0.1) is 0 Å². The Hall–Kier alpha value is -2.20. The van der Waals surface area contributed by atoms with Gasteiger partial charge in [-0.25, -0.2) is 0 Å². The van der Waals surface area contributed by atoms with Crippen LogP contribution in [-0.2, 0) is 6.54 Å². The van der Waals surface area contributed by atoms with Crippen LogP contribution in [0.4, 0.5) is 5.69 Å². The lowest BCUT2D eigenvalue weighted by molar-refractivity contribution is 0.147. The molecule has 0 atom stereocenters. The molecule has 0 bridgehead atoms. The van der Waals surface area contributed by atoms with Gasteiger partial charge in [0.15, 0.2) is 0 Å². The highest BCUT2D eigenvalue weighted by Gasteiger charge is 2.12. The van der Waals surface area contributed by atoms with Crippen molar-refractivity contribution >= 4 is 5.69 Å². The summed E-state index contributed by atoms with van der Waals surface area (Å²) in [5.41, 5.74) is 2.46. The molecule has 134 valence electrons. The summed E-state index contributed by atoms with van der Waals surface area (Å²) in [7, 11) is 1.70. The molecule has 0 radical (unpaired) electrons. The first kappa shape index (κ1) is 17.6. The third-order valence-corrected chi connectivity index (χ3v) is 4.72. The van der Waals surface area contributed by atoms with Crippen LogP contribution < -0.4 is 14.4 Å². The van der Waals surface area contributed by atoms with E-state index in [-0.39, 0.29) is 0 Å². The molecule has 2 aromatic carbocycles. The third kappa shape index (κ3) is 4.89. The van der Waals surface area contributed by atoms with Crippen molar-refractivity contribution in [3.8, 4) is 11.5 Å². The van der Waals surface area contributed by atoms with Gasteiger partial charge in [0.1, 0.15) is 18.1 Å². The predicted octanol–water partition coefficient (Wildman–Crippen LogP) is 3.81. The first-order valence-corrected chi connectivity index (χ1v) is 9.11. The number of hydrogen-bond acceptors (Lipinski definition) is 4.